The lowest BCUT2D eigenvalue weighted by molar-refractivity contribution is -0.126. The smallest absolute Gasteiger partial charge is 0.243 e. The molecular weight excluding hydrogens is 136 g/mol. The van der Waals surface area contributed by atoms with Gasteiger partial charge in [0, 0.05) is 6.92 Å². The third kappa shape index (κ3) is 6.90. The third-order valence-corrected chi connectivity index (χ3v) is 0.667. The predicted octanol–water partition coefficient (Wildman–Crippen LogP) is -1.42. The Hall–Kier alpha value is -1.10. The molecule has 0 saturated carbocycles. The number of rotatable bonds is 4. The second-order valence-corrected chi connectivity index (χ2v) is 1.69. The molecule has 0 unspecified atom stereocenters. The first-order valence-electron chi connectivity index (χ1n) is 2.73. The third-order valence-electron chi connectivity index (χ3n) is 0.667. The number of carbonyl (C=O) groups excluding carboxylic acids is 2. The van der Waals surface area contributed by atoms with E-state index in [9.17, 15) is 9.59 Å². The summed E-state index contributed by atoms with van der Waals surface area (Å²) in [4.78, 5) is 20.2. The van der Waals surface area contributed by atoms with Gasteiger partial charge in [-0.2, -0.15) is 0 Å². The van der Waals surface area contributed by atoms with Crippen molar-refractivity contribution in [3.63, 3.8) is 0 Å². The van der Waals surface area contributed by atoms with E-state index in [2.05, 4.69) is 10.1 Å². The summed E-state index contributed by atoms with van der Waals surface area (Å²) in [6, 6.07) is 0. The van der Waals surface area contributed by atoms with Crippen LogP contribution in [0.4, 0.5) is 0 Å². The molecule has 0 heterocycles. The van der Waals surface area contributed by atoms with Crippen LogP contribution in [0.3, 0.4) is 0 Å². The zero-order valence-corrected chi connectivity index (χ0v) is 5.72. The van der Waals surface area contributed by atoms with Gasteiger partial charge in [0.1, 0.15) is 13.3 Å². The Balaban J connectivity index is 3.06. The first-order chi connectivity index (χ1) is 4.63. The minimum Gasteiger partial charge on any atom is -0.368 e. The van der Waals surface area contributed by atoms with Gasteiger partial charge in [-0.3, -0.25) is 9.59 Å². The summed E-state index contributed by atoms with van der Waals surface area (Å²) in [7, 11) is 0. The molecule has 5 nitrogen and oxygen atoms in total. The van der Waals surface area contributed by atoms with E-state index in [1.165, 1.54) is 6.92 Å². The number of carbonyl (C=O) groups is 2. The highest BCUT2D eigenvalue weighted by atomic mass is 16.5. The van der Waals surface area contributed by atoms with Crippen molar-refractivity contribution in [3.05, 3.63) is 0 Å². The van der Waals surface area contributed by atoms with Crippen LogP contribution < -0.4 is 11.1 Å². The number of hydrogen-bond acceptors (Lipinski definition) is 3. The summed E-state index contributed by atoms with van der Waals surface area (Å²) in [5.74, 6) is -0.755. The van der Waals surface area contributed by atoms with E-state index in [1.54, 1.807) is 0 Å². The van der Waals surface area contributed by atoms with Gasteiger partial charge in [-0.15, -0.1) is 0 Å². The lowest BCUT2D eigenvalue weighted by Gasteiger charge is -2.00. The number of nitrogens with two attached hydrogens (primary N) is 1. The molecule has 0 aliphatic heterocycles. The van der Waals surface area contributed by atoms with Gasteiger partial charge in [0.25, 0.3) is 0 Å². The lowest BCUT2D eigenvalue weighted by Crippen LogP contribution is -2.27. The predicted molar refractivity (Wildman–Crippen MR) is 33.8 cm³/mol. The van der Waals surface area contributed by atoms with Crippen LogP contribution in [0.1, 0.15) is 6.92 Å². The molecule has 0 bridgehead atoms. The minimum atomic E-state index is -0.551. The highest BCUT2D eigenvalue weighted by Crippen LogP contribution is 1.68. The molecule has 3 N–H and O–H groups in total. The molecule has 58 valence electrons. The van der Waals surface area contributed by atoms with Gasteiger partial charge < -0.3 is 15.8 Å². The van der Waals surface area contributed by atoms with Crippen LogP contribution in [0, 0.1) is 0 Å². The Morgan fingerprint density at radius 2 is 2.20 bits per heavy atom. The fourth-order valence-corrected chi connectivity index (χ4v) is 0.304. The topological polar surface area (TPSA) is 81.4 Å². The summed E-state index contributed by atoms with van der Waals surface area (Å²) in [6.07, 6.45) is 0. The van der Waals surface area contributed by atoms with E-state index < -0.39 is 5.91 Å². The lowest BCUT2D eigenvalue weighted by atomic mass is 10.7. The van der Waals surface area contributed by atoms with Crippen LogP contribution in [-0.4, -0.2) is 25.2 Å². The van der Waals surface area contributed by atoms with Crippen LogP contribution in [0.2, 0.25) is 0 Å². The van der Waals surface area contributed by atoms with Crippen molar-refractivity contribution in [2.75, 3.05) is 13.3 Å². The zero-order valence-electron chi connectivity index (χ0n) is 5.72. The highest BCUT2D eigenvalue weighted by molar-refractivity contribution is 5.75. The fraction of sp³-hybridized carbons (Fsp3) is 0.600. The van der Waals surface area contributed by atoms with Gasteiger partial charge >= 0.3 is 0 Å². The van der Waals surface area contributed by atoms with Crippen molar-refractivity contribution >= 4 is 11.8 Å². The van der Waals surface area contributed by atoms with Crippen molar-refractivity contribution in [1.82, 2.24) is 5.32 Å². The van der Waals surface area contributed by atoms with Crippen LogP contribution in [0.5, 0.6) is 0 Å². The SMILES string of the molecule is CC(=O)NCOCC(N)=O. The molecule has 0 aromatic heterocycles. The summed E-state index contributed by atoms with van der Waals surface area (Å²) >= 11 is 0. The molecule has 5 heteroatoms. The van der Waals surface area contributed by atoms with E-state index in [-0.39, 0.29) is 19.2 Å². The molecule has 0 spiro atoms. The summed E-state index contributed by atoms with van der Waals surface area (Å²) < 4.78 is 4.60. The van der Waals surface area contributed by atoms with Gasteiger partial charge in [-0.25, -0.2) is 0 Å². The second kappa shape index (κ2) is 4.75. The van der Waals surface area contributed by atoms with Gasteiger partial charge in [0.05, 0.1) is 0 Å². The summed E-state index contributed by atoms with van der Waals surface area (Å²) in [6.45, 7) is 1.21. The van der Waals surface area contributed by atoms with Gasteiger partial charge in [0.2, 0.25) is 11.8 Å². The number of ether oxygens (including phenoxy) is 1. The van der Waals surface area contributed by atoms with Crippen LogP contribution in [0.25, 0.3) is 0 Å². The Bertz CT molecular complexity index is 119. The van der Waals surface area contributed by atoms with Crippen LogP contribution >= 0.6 is 0 Å². The van der Waals surface area contributed by atoms with Crippen molar-refractivity contribution in [2.24, 2.45) is 5.73 Å². The van der Waals surface area contributed by atoms with Crippen molar-refractivity contribution < 1.29 is 14.3 Å². The molecular formula is C5H10N2O3. The first kappa shape index (κ1) is 8.90. The Kier molecular flexibility index (Phi) is 4.23. The highest BCUT2D eigenvalue weighted by Gasteiger charge is 1.93. The van der Waals surface area contributed by atoms with Crippen LogP contribution in [-0.2, 0) is 14.3 Å². The number of nitrogens with one attached hydrogen (secondary N) is 1. The maximum atomic E-state index is 10.2. The molecule has 10 heavy (non-hydrogen) atoms. The van der Waals surface area contributed by atoms with Crippen molar-refractivity contribution in [2.45, 2.75) is 6.92 Å². The second-order valence-electron chi connectivity index (χ2n) is 1.69. The molecule has 2 amide bonds. The molecule has 0 radical (unpaired) electrons. The molecule has 0 aromatic rings. The standard InChI is InChI=1S/C5H10N2O3/c1-4(8)7-3-10-2-5(6)9/h2-3H2,1H3,(H2,6,9)(H,7,8). The zero-order chi connectivity index (χ0) is 7.98. The molecule has 0 aliphatic carbocycles. The fourth-order valence-electron chi connectivity index (χ4n) is 0.304. The van der Waals surface area contributed by atoms with Gasteiger partial charge in [-0.05, 0) is 0 Å². The van der Waals surface area contributed by atoms with Gasteiger partial charge in [0.15, 0.2) is 0 Å². The molecule has 0 aliphatic rings. The molecule has 0 saturated heterocycles. The average Bonchev–Trinajstić information content (AvgIpc) is 1.79. The molecule has 0 rings (SSSR count). The quantitative estimate of drug-likeness (QED) is 0.377. The Morgan fingerprint density at radius 3 is 2.60 bits per heavy atom. The van der Waals surface area contributed by atoms with E-state index in [0.717, 1.165) is 0 Å². The van der Waals surface area contributed by atoms with Crippen molar-refractivity contribution in [3.8, 4) is 0 Å². The van der Waals surface area contributed by atoms with Crippen molar-refractivity contribution in [1.29, 1.82) is 0 Å². The van der Waals surface area contributed by atoms with E-state index in [1.807, 2.05) is 0 Å². The number of amides is 2. The Morgan fingerprint density at radius 1 is 1.60 bits per heavy atom. The number of primary amides is 1. The molecule has 0 aromatic carbocycles. The minimum absolute atomic E-state index is 0.0261. The largest absolute Gasteiger partial charge is 0.368 e. The Labute approximate surface area is 58.5 Å². The molecule has 0 fully saturated rings. The first-order valence-corrected chi connectivity index (χ1v) is 2.73. The summed E-state index contributed by atoms with van der Waals surface area (Å²) in [5.41, 5.74) is 4.73. The average molecular weight is 146 g/mol. The summed E-state index contributed by atoms with van der Waals surface area (Å²) in [5, 5.41) is 2.33. The van der Waals surface area contributed by atoms with E-state index in [4.69, 9.17) is 5.73 Å². The van der Waals surface area contributed by atoms with Crippen LogP contribution in [0.15, 0.2) is 0 Å². The maximum Gasteiger partial charge on any atom is 0.243 e. The van der Waals surface area contributed by atoms with E-state index >= 15 is 0 Å². The van der Waals surface area contributed by atoms with Gasteiger partial charge in [-0.1, -0.05) is 0 Å². The normalized spacial score (nSPS) is 8.90. The maximum absolute atomic E-state index is 10.2. The molecule has 0 atom stereocenters. The number of hydrogen-bond donors (Lipinski definition) is 2. The monoisotopic (exact) mass is 146 g/mol. The van der Waals surface area contributed by atoms with E-state index in [0.29, 0.717) is 0 Å².